The second-order valence-corrected chi connectivity index (χ2v) is 8.05. The van der Waals surface area contributed by atoms with E-state index in [-0.39, 0.29) is 17.3 Å². The van der Waals surface area contributed by atoms with Crippen molar-refractivity contribution < 1.29 is 9.13 Å². The van der Waals surface area contributed by atoms with Gasteiger partial charge in [-0.3, -0.25) is 4.98 Å². The summed E-state index contributed by atoms with van der Waals surface area (Å²) < 4.78 is 19.2. The van der Waals surface area contributed by atoms with Gasteiger partial charge in [0.25, 0.3) is 0 Å². The minimum absolute atomic E-state index is 0.244. The van der Waals surface area contributed by atoms with Crippen molar-refractivity contribution in [1.29, 1.82) is 0 Å². The van der Waals surface area contributed by atoms with E-state index in [4.69, 9.17) is 22.1 Å². The molecule has 2 N–H and O–H groups in total. The molecular weight excluding hydrogens is 365 g/mol. The second-order valence-electron chi connectivity index (χ2n) is 7.64. The zero-order valence-electron chi connectivity index (χ0n) is 15.7. The van der Waals surface area contributed by atoms with Gasteiger partial charge in [0.05, 0.1) is 12.1 Å². The van der Waals surface area contributed by atoms with Crippen molar-refractivity contribution in [3.05, 3.63) is 53.6 Å². The van der Waals surface area contributed by atoms with Gasteiger partial charge in [0.1, 0.15) is 10.8 Å². The van der Waals surface area contributed by atoms with Crippen LogP contribution in [0.25, 0.3) is 22.0 Å². The fourth-order valence-corrected chi connectivity index (χ4v) is 3.45. The second kappa shape index (κ2) is 7.79. The summed E-state index contributed by atoms with van der Waals surface area (Å²) in [6.45, 7) is 6.56. The van der Waals surface area contributed by atoms with Gasteiger partial charge in [-0.15, -0.1) is 0 Å². The van der Waals surface area contributed by atoms with Crippen LogP contribution in [0.2, 0.25) is 5.02 Å². The molecule has 4 nitrogen and oxygen atoms in total. The van der Waals surface area contributed by atoms with Crippen LogP contribution in [-0.2, 0) is 0 Å². The summed E-state index contributed by atoms with van der Waals surface area (Å²) in [6.07, 6.45) is 4.19. The van der Waals surface area contributed by atoms with Crippen molar-refractivity contribution in [2.75, 3.05) is 6.61 Å². The molecule has 142 valence electrons. The van der Waals surface area contributed by atoms with Crippen molar-refractivity contribution >= 4 is 22.5 Å². The minimum Gasteiger partial charge on any atom is -0.476 e. The van der Waals surface area contributed by atoms with Gasteiger partial charge in [-0.2, -0.15) is 0 Å². The van der Waals surface area contributed by atoms with Crippen LogP contribution in [-0.4, -0.2) is 22.1 Å². The first-order chi connectivity index (χ1) is 12.7. The maximum Gasteiger partial charge on any atom is 0.232 e. The van der Waals surface area contributed by atoms with Gasteiger partial charge in [0.2, 0.25) is 5.88 Å². The number of nitrogens with zero attached hydrogens (tertiary/aromatic N) is 2. The molecule has 1 unspecified atom stereocenters. The summed E-state index contributed by atoms with van der Waals surface area (Å²) in [5.74, 6) is 0.356. The average molecular weight is 388 g/mol. The Kier molecular flexibility index (Phi) is 5.63. The Bertz CT molecular complexity index is 956. The molecule has 2 heterocycles. The van der Waals surface area contributed by atoms with E-state index in [9.17, 15) is 4.39 Å². The fourth-order valence-electron chi connectivity index (χ4n) is 3.23. The molecule has 0 spiro atoms. The van der Waals surface area contributed by atoms with Gasteiger partial charge >= 0.3 is 0 Å². The topological polar surface area (TPSA) is 61.0 Å². The van der Waals surface area contributed by atoms with Crippen LogP contribution in [0.5, 0.6) is 5.88 Å². The number of rotatable bonds is 6. The smallest absolute Gasteiger partial charge is 0.232 e. The van der Waals surface area contributed by atoms with E-state index < -0.39 is 0 Å². The molecule has 0 radical (unpaired) electrons. The molecule has 0 aliphatic rings. The van der Waals surface area contributed by atoms with Crippen LogP contribution >= 0.6 is 11.6 Å². The third-order valence-electron chi connectivity index (χ3n) is 4.20. The standard InChI is InChI=1S/C21H23ClFN3O/c1-13(10-21(2,3)24)12-27-20-18(22)8-14(11-26-20)16-6-7-25-19-9-15(23)4-5-17(16)19/h4-9,11,13H,10,12,24H2,1-3H3. The van der Waals surface area contributed by atoms with Crippen molar-refractivity contribution in [1.82, 2.24) is 9.97 Å². The molecular formula is C21H23ClFN3O. The molecule has 27 heavy (non-hydrogen) atoms. The number of aromatic nitrogens is 2. The van der Waals surface area contributed by atoms with Gasteiger partial charge in [-0.1, -0.05) is 18.5 Å². The molecule has 1 atom stereocenters. The van der Waals surface area contributed by atoms with Gasteiger partial charge in [-0.25, -0.2) is 9.37 Å². The van der Waals surface area contributed by atoms with Crippen LogP contribution in [0.3, 0.4) is 0 Å². The number of hydrogen-bond donors (Lipinski definition) is 1. The van der Waals surface area contributed by atoms with E-state index in [2.05, 4.69) is 16.9 Å². The average Bonchev–Trinajstić information content (AvgIpc) is 2.58. The largest absolute Gasteiger partial charge is 0.476 e. The van der Waals surface area contributed by atoms with Crippen molar-refractivity contribution in [3.63, 3.8) is 0 Å². The van der Waals surface area contributed by atoms with E-state index in [1.54, 1.807) is 24.5 Å². The lowest BCUT2D eigenvalue weighted by molar-refractivity contribution is 0.223. The molecule has 3 aromatic rings. The molecule has 0 bridgehead atoms. The van der Waals surface area contributed by atoms with Gasteiger partial charge in [-0.05, 0) is 56.0 Å². The maximum atomic E-state index is 13.4. The van der Waals surface area contributed by atoms with Crippen molar-refractivity contribution in [3.8, 4) is 17.0 Å². The number of fused-ring (bicyclic) bond motifs is 1. The first-order valence-corrected chi connectivity index (χ1v) is 9.22. The number of pyridine rings is 2. The quantitative estimate of drug-likeness (QED) is 0.629. The number of halogens is 2. The Labute approximate surface area is 163 Å². The SMILES string of the molecule is CC(COc1ncc(-c2ccnc3cc(F)ccc23)cc1Cl)CC(C)(C)N. The molecule has 1 aromatic carbocycles. The van der Waals surface area contributed by atoms with E-state index in [0.29, 0.717) is 23.0 Å². The molecule has 6 heteroatoms. The summed E-state index contributed by atoms with van der Waals surface area (Å²) >= 11 is 6.38. The highest BCUT2D eigenvalue weighted by atomic mass is 35.5. The number of benzene rings is 1. The van der Waals surface area contributed by atoms with Gasteiger partial charge < -0.3 is 10.5 Å². The monoisotopic (exact) mass is 387 g/mol. The lowest BCUT2D eigenvalue weighted by Gasteiger charge is -2.23. The lowest BCUT2D eigenvalue weighted by Crippen LogP contribution is -2.35. The molecule has 0 fully saturated rings. The zero-order valence-corrected chi connectivity index (χ0v) is 16.4. The van der Waals surface area contributed by atoms with Crippen LogP contribution in [0.15, 0.2) is 42.7 Å². The zero-order chi connectivity index (χ0) is 19.6. The predicted octanol–water partition coefficient (Wildman–Crippen LogP) is 5.23. The number of hydrogen-bond acceptors (Lipinski definition) is 4. The van der Waals surface area contributed by atoms with Crippen LogP contribution in [0.4, 0.5) is 4.39 Å². The minimum atomic E-state index is -0.318. The highest BCUT2D eigenvalue weighted by Crippen LogP contribution is 2.32. The molecule has 0 aliphatic heterocycles. The summed E-state index contributed by atoms with van der Waals surface area (Å²) in [4.78, 5) is 8.59. The van der Waals surface area contributed by atoms with Crippen LogP contribution in [0, 0.1) is 11.7 Å². The maximum absolute atomic E-state index is 13.4. The van der Waals surface area contributed by atoms with Crippen molar-refractivity contribution in [2.24, 2.45) is 11.7 Å². The van der Waals surface area contributed by atoms with E-state index >= 15 is 0 Å². The highest BCUT2D eigenvalue weighted by molar-refractivity contribution is 6.32. The van der Waals surface area contributed by atoms with Crippen molar-refractivity contribution in [2.45, 2.75) is 32.7 Å². The Morgan fingerprint density at radius 3 is 2.70 bits per heavy atom. The first-order valence-electron chi connectivity index (χ1n) is 8.85. The van der Waals surface area contributed by atoms with E-state index in [1.807, 2.05) is 19.9 Å². The highest BCUT2D eigenvalue weighted by Gasteiger charge is 2.17. The molecule has 0 saturated heterocycles. The lowest BCUT2D eigenvalue weighted by atomic mass is 9.93. The fraction of sp³-hybridized carbons (Fsp3) is 0.333. The molecule has 0 aliphatic carbocycles. The predicted molar refractivity (Wildman–Crippen MR) is 107 cm³/mol. The van der Waals surface area contributed by atoms with Gasteiger partial charge in [0, 0.05) is 34.9 Å². The molecule has 0 saturated carbocycles. The Hall–Kier alpha value is -2.24. The molecule has 2 aromatic heterocycles. The summed E-state index contributed by atoms with van der Waals surface area (Å²) in [5, 5.41) is 1.27. The first kappa shape index (κ1) is 19.5. The van der Waals surface area contributed by atoms with Crippen LogP contribution < -0.4 is 10.5 Å². The van der Waals surface area contributed by atoms with E-state index in [1.165, 1.54) is 12.1 Å². The Morgan fingerprint density at radius 1 is 1.22 bits per heavy atom. The molecule has 0 amide bonds. The van der Waals surface area contributed by atoms with E-state index in [0.717, 1.165) is 22.9 Å². The third kappa shape index (κ3) is 4.93. The normalized spacial score (nSPS) is 13.0. The Morgan fingerprint density at radius 2 is 2.00 bits per heavy atom. The molecule has 3 rings (SSSR count). The number of nitrogens with two attached hydrogens (primary N) is 1. The van der Waals surface area contributed by atoms with Crippen LogP contribution in [0.1, 0.15) is 27.2 Å². The Balaban J connectivity index is 1.81. The summed E-state index contributed by atoms with van der Waals surface area (Å²) in [6, 6.07) is 8.20. The van der Waals surface area contributed by atoms with Gasteiger partial charge in [0.15, 0.2) is 0 Å². The number of ether oxygens (including phenoxy) is 1. The third-order valence-corrected chi connectivity index (χ3v) is 4.47. The summed E-state index contributed by atoms with van der Waals surface area (Å²) in [5.41, 5.74) is 8.10. The summed E-state index contributed by atoms with van der Waals surface area (Å²) in [7, 11) is 0.